The molecule has 0 aromatic heterocycles. The molecule has 0 aliphatic carbocycles. The molecule has 0 spiro atoms. The third-order valence-electron chi connectivity index (χ3n) is 4.36. The van der Waals surface area contributed by atoms with Gasteiger partial charge in [-0.3, -0.25) is 4.79 Å². The molecule has 0 bridgehead atoms. The quantitative estimate of drug-likeness (QED) is 0.487. The summed E-state index contributed by atoms with van der Waals surface area (Å²) in [5.41, 5.74) is 7.22. The molecule has 0 heterocycles. The van der Waals surface area contributed by atoms with E-state index in [1.807, 2.05) is 32.9 Å². The van der Waals surface area contributed by atoms with Crippen LogP contribution in [0.5, 0.6) is 0 Å². The van der Waals surface area contributed by atoms with Gasteiger partial charge in [-0.15, -0.1) is 0 Å². The number of benzene rings is 2. The van der Waals surface area contributed by atoms with E-state index in [2.05, 4.69) is 15.6 Å². The molecule has 4 N–H and O–H groups in total. The van der Waals surface area contributed by atoms with Crippen LogP contribution in [-0.4, -0.2) is 25.0 Å². The number of hydrogen-bond donors (Lipinski definition) is 3. The van der Waals surface area contributed by atoms with Gasteiger partial charge in [0.05, 0.1) is 6.54 Å². The molecule has 0 saturated carbocycles. The normalized spacial score (nSPS) is 12.0. The van der Waals surface area contributed by atoms with Gasteiger partial charge in [0.15, 0.2) is 5.96 Å². The van der Waals surface area contributed by atoms with Crippen molar-refractivity contribution < 1.29 is 9.18 Å². The highest BCUT2D eigenvalue weighted by molar-refractivity contribution is 6.31. The van der Waals surface area contributed by atoms with Crippen LogP contribution >= 0.6 is 11.6 Å². The van der Waals surface area contributed by atoms with Crippen LogP contribution in [0.25, 0.3) is 0 Å². The van der Waals surface area contributed by atoms with Crippen molar-refractivity contribution >= 4 is 23.5 Å². The molecule has 0 aliphatic heterocycles. The van der Waals surface area contributed by atoms with Crippen LogP contribution in [0, 0.1) is 5.82 Å². The highest BCUT2D eigenvalue weighted by Crippen LogP contribution is 2.29. The number of carbonyl (C=O) groups excluding carboxylic acids is 1. The van der Waals surface area contributed by atoms with E-state index in [1.165, 1.54) is 12.1 Å². The predicted octanol–water partition coefficient (Wildman–Crippen LogP) is 3.61. The Morgan fingerprint density at radius 2 is 1.86 bits per heavy atom. The molecule has 5 nitrogen and oxygen atoms in total. The van der Waals surface area contributed by atoms with E-state index in [-0.39, 0.29) is 11.2 Å². The van der Waals surface area contributed by atoms with E-state index in [0.29, 0.717) is 36.2 Å². The van der Waals surface area contributed by atoms with Gasteiger partial charge in [0.25, 0.3) is 0 Å². The van der Waals surface area contributed by atoms with Gasteiger partial charge in [-0.25, -0.2) is 9.38 Å². The number of halogens is 2. The lowest BCUT2D eigenvalue weighted by molar-refractivity contribution is 0.100. The number of amides is 1. The summed E-state index contributed by atoms with van der Waals surface area (Å²) in [5, 5.41) is 6.92. The Bertz CT molecular complexity index is 850. The largest absolute Gasteiger partial charge is 0.366 e. The molecule has 0 saturated heterocycles. The Morgan fingerprint density at radius 1 is 1.18 bits per heavy atom. The highest BCUT2D eigenvalue weighted by atomic mass is 35.5. The van der Waals surface area contributed by atoms with Crippen molar-refractivity contribution in [2.24, 2.45) is 10.7 Å². The van der Waals surface area contributed by atoms with Gasteiger partial charge < -0.3 is 16.4 Å². The fourth-order valence-electron chi connectivity index (χ4n) is 2.72. The van der Waals surface area contributed by atoms with Crippen molar-refractivity contribution in [1.29, 1.82) is 0 Å². The summed E-state index contributed by atoms with van der Waals surface area (Å²) in [5.74, 6) is -0.144. The van der Waals surface area contributed by atoms with Crippen molar-refractivity contribution in [3.05, 3.63) is 70.0 Å². The van der Waals surface area contributed by atoms with Crippen LogP contribution in [0.4, 0.5) is 4.39 Å². The smallest absolute Gasteiger partial charge is 0.248 e. The molecule has 28 heavy (non-hydrogen) atoms. The minimum atomic E-state index is -0.452. The number of nitrogens with two attached hydrogens (primary N) is 1. The van der Waals surface area contributed by atoms with Gasteiger partial charge in [-0.05, 0) is 42.3 Å². The molecule has 150 valence electrons. The van der Waals surface area contributed by atoms with Crippen LogP contribution in [0.2, 0.25) is 5.02 Å². The van der Waals surface area contributed by atoms with Crippen LogP contribution in [0.3, 0.4) is 0 Å². The second-order valence-corrected chi connectivity index (χ2v) is 7.53. The summed E-state index contributed by atoms with van der Waals surface area (Å²) in [4.78, 5) is 15.7. The third kappa shape index (κ3) is 5.96. The second kappa shape index (κ2) is 9.55. The van der Waals surface area contributed by atoms with E-state index < -0.39 is 5.91 Å². The Morgan fingerprint density at radius 3 is 2.43 bits per heavy atom. The number of rotatable bonds is 7. The number of nitrogens with one attached hydrogen (secondary N) is 2. The first-order valence-electron chi connectivity index (χ1n) is 9.09. The highest BCUT2D eigenvalue weighted by Gasteiger charge is 2.24. The number of guanidine groups is 1. The standard InChI is InChI=1S/C21H26ClFN4O/c1-4-25-20(26-12-14-5-7-15(8-6-14)19(24)28)27-13-21(2,3)17-10-9-16(23)11-18(17)22/h5-11H,4,12-13H2,1-3H3,(H2,24,28)(H2,25,26,27). The van der Waals surface area contributed by atoms with Crippen molar-refractivity contribution in [1.82, 2.24) is 10.6 Å². The topological polar surface area (TPSA) is 79.5 Å². The molecular formula is C21H26ClFN4O. The first kappa shape index (κ1) is 21.7. The van der Waals surface area contributed by atoms with E-state index in [4.69, 9.17) is 17.3 Å². The van der Waals surface area contributed by atoms with Crippen LogP contribution in [-0.2, 0) is 12.0 Å². The van der Waals surface area contributed by atoms with Crippen molar-refractivity contribution in [2.75, 3.05) is 13.1 Å². The summed E-state index contributed by atoms with van der Waals surface area (Å²) in [7, 11) is 0. The summed E-state index contributed by atoms with van der Waals surface area (Å²) < 4.78 is 13.3. The Kier molecular flexibility index (Phi) is 7.40. The molecule has 2 rings (SSSR count). The molecule has 0 atom stereocenters. The fourth-order valence-corrected chi connectivity index (χ4v) is 3.15. The van der Waals surface area contributed by atoms with Crippen molar-refractivity contribution in [2.45, 2.75) is 32.7 Å². The van der Waals surface area contributed by atoms with Crippen LogP contribution in [0.15, 0.2) is 47.5 Å². The average molecular weight is 405 g/mol. The predicted molar refractivity (Wildman–Crippen MR) is 112 cm³/mol. The number of primary amides is 1. The van der Waals surface area contributed by atoms with Gasteiger partial charge in [-0.1, -0.05) is 43.6 Å². The number of hydrogen-bond acceptors (Lipinski definition) is 2. The monoisotopic (exact) mass is 404 g/mol. The molecule has 0 unspecified atom stereocenters. The Hall–Kier alpha value is -2.60. The van der Waals surface area contributed by atoms with Gasteiger partial charge in [0.2, 0.25) is 5.91 Å². The lowest BCUT2D eigenvalue weighted by Crippen LogP contribution is -2.43. The van der Waals surface area contributed by atoms with Gasteiger partial charge in [0, 0.05) is 29.1 Å². The lowest BCUT2D eigenvalue weighted by Gasteiger charge is -2.27. The zero-order valence-corrected chi connectivity index (χ0v) is 17.1. The SMILES string of the molecule is CCNC(=NCc1ccc(C(N)=O)cc1)NCC(C)(C)c1ccc(F)cc1Cl. The summed E-state index contributed by atoms with van der Waals surface area (Å²) in [6, 6.07) is 11.5. The Balaban J connectivity index is 2.06. The van der Waals surface area contributed by atoms with Gasteiger partial charge >= 0.3 is 0 Å². The van der Waals surface area contributed by atoms with Crippen LogP contribution in [0.1, 0.15) is 42.3 Å². The lowest BCUT2D eigenvalue weighted by atomic mass is 9.84. The maximum atomic E-state index is 13.3. The van der Waals surface area contributed by atoms with Crippen molar-refractivity contribution in [3.8, 4) is 0 Å². The molecular weight excluding hydrogens is 379 g/mol. The zero-order chi connectivity index (χ0) is 20.7. The summed E-state index contributed by atoms with van der Waals surface area (Å²) >= 11 is 6.22. The molecule has 0 fully saturated rings. The first-order valence-corrected chi connectivity index (χ1v) is 9.47. The average Bonchev–Trinajstić information content (AvgIpc) is 2.64. The molecule has 2 aromatic carbocycles. The van der Waals surface area contributed by atoms with E-state index in [1.54, 1.807) is 18.2 Å². The fraction of sp³-hybridized carbons (Fsp3) is 0.333. The minimum Gasteiger partial charge on any atom is -0.366 e. The second-order valence-electron chi connectivity index (χ2n) is 7.12. The third-order valence-corrected chi connectivity index (χ3v) is 4.67. The van der Waals surface area contributed by atoms with Gasteiger partial charge in [-0.2, -0.15) is 0 Å². The molecule has 0 aliphatic rings. The van der Waals surface area contributed by atoms with Crippen molar-refractivity contribution in [3.63, 3.8) is 0 Å². The number of carbonyl (C=O) groups is 1. The summed E-state index contributed by atoms with van der Waals surface area (Å²) in [6.45, 7) is 7.78. The van der Waals surface area contributed by atoms with E-state index in [0.717, 1.165) is 11.1 Å². The number of aliphatic imine (C=N–C) groups is 1. The van der Waals surface area contributed by atoms with Gasteiger partial charge in [0.1, 0.15) is 5.82 Å². The maximum absolute atomic E-state index is 13.3. The zero-order valence-electron chi connectivity index (χ0n) is 16.4. The molecule has 7 heteroatoms. The molecule has 1 amide bonds. The summed E-state index contributed by atoms with van der Waals surface area (Å²) in [6.07, 6.45) is 0. The van der Waals surface area contributed by atoms with E-state index >= 15 is 0 Å². The molecule has 2 aromatic rings. The van der Waals surface area contributed by atoms with Crippen LogP contribution < -0.4 is 16.4 Å². The Labute approximate surface area is 170 Å². The minimum absolute atomic E-state index is 0.329. The number of nitrogens with zero attached hydrogens (tertiary/aromatic N) is 1. The van der Waals surface area contributed by atoms with E-state index in [9.17, 15) is 9.18 Å². The molecule has 0 radical (unpaired) electrons. The first-order chi connectivity index (χ1) is 13.2. The maximum Gasteiger partial charge on any atom is 0.248 e.